The van der Waals surface area contributed by atoms with E-state index in [0.717, 1.165) is 12.6 Å². The minimum Gasteiger partial charge on any atom is -0.494 e. The van der Waals surface area contributed by atoms with Gasteiger partial charge in [0.05, 0.1) is 12.2 Å². The van der Waals surface area contributed by atoms with Gasteiger partial charge in [-0.15, -0.1) is 0 Å². The summed E-state index contributed by atoms with van der Waals surface area (Å²) in [7, 11) is 0. The van der Waals surface area contributed by atoms with Crippen LogP contribution in [0.4, 0.5) is 17.6 Å². The Bertz CT molecular complexity index is 429. The van der Waals surface area contributed by atoms with E-state index in [2.05, 4.69) is 5.32 Å². The van der Waals surface area contributed by atoms with Crippen LogP contribution in [0.3, 0.4) is 0 Å². The topological polar surface area (TPSA) is 21.3 Å². The minimum atomic E-state index is -4.70. The number of hydrogen-bond donors (Lipinski definition) is 1. The molecule has 0 aromatic heterocycles. The maximum absolute atomic E-state index is 13.0. The highest BCUT2D eigenvalue weighted by molar-refractivity contribution is 5.31. The van der Waals surface area contributed by atoms with Crippen molar-refractivity contribution in [2.24, 2.45) is 0 Å². The highest BCUT2D eigenvalue weighted by Crippen LogP contribution is 2.33. The normalized spacial score (nSPS) is 15.6. The summed E-state index contributed by atoms with van der Waals surface area (Å²) in [5.74, 6) is -1.24. The molecule has 6 heteroatoms. The van der Waals surface area contributed by atoms with Crippen molar-refractivity contribution >= 4 is 0 Å². The van der Waals surface area contributed by atoms with Crippen molar-refractivity contribution in [3.8, 4) is 5.75 Å². The predicted octanol–water partition coefficient (Wildman–Crippen LogP) is 3.37. The van der Waals surface area contributed by atoms with Gasteiger partial charge in [-0.1, -0.05) is 0 Å². The lowest BCUT2D eigenvalue weighted by Gasteiger charge is -2.11. The van der Waals surface area contributed by atoms with Crippen LogP contribution in [0.15, 0.2) is 18.2 Å². The second-order valence-corrected chi connectivity index (χ2v) is 4.57. The van der Waals surface area contributed by atoms with E-state index >= 15 is 0 Å². The van der Waals surface area contributed by atoms with E-state index in [4.69, 9.17) is 4.74 Å². The lowest BCUT2D eigenvalue weighted by molar-refractivity contribution is -0.140. The lowest BCUT2D eigenvalue weighted by atomic mass is 10.2. The standard InChI is InChI=1S/C13H15F4NO/c14-12-5-4-10(8-11(12)13(15,16)17)19-7-1-6-18-9-2-3-9/h4-5,8-9,18H,1-3,6-7H2. The van der Waals surface area contributed by atoms with Gasteiger partial charge in [0.2, 0.25) is 0 Å². The van der Waals surface area contributed by atoms with Gasteiger partial charge in [0.25, 0.3) is 0 Å². The zero-order chi connectivity index (χ0) is 13.9. The third kappa shape index (κ3) is 4.38. The quantitative estimate of drug-likeness (QED) is 0.636. The van der Waals surface area contributed by atoms with Crippen molar-refractivity contribution in [1.29, 1.82) is 0 Å². The molecule has 1 N–H and O–H groups in total. The molecule has 2 rings (SSSR count). The van der Waals surface area contributed by atoms with Crippen molar-refractivity contribution in [2.45, 2.75) is 31.5 Å². The van der Waals surface area contributed by atoms with Crippen LogP contribution >= 0.6 is 0 Å². The first kappa shape index (κ1) is 14.1. The molecule has 19 heavy (non-hydrogen) atoms. The van der Waals surface area contributed by atoms with Gasteiger partial charge in [-0.3, -0.25) is 0 Å². The molecule has 1 aliphatic rings. The van der Waals surface area contributed by atoms with Gasteiger partial charge in [0.15, 0.2) is 0 Å². The molecular weight excluding hydrogens is 262 g/mol. The lowest BCUT2D eigenvalue weighted by Crippen LogP contribution is -2.19. The van der Waals surface area contributed by atoms with Crippen LogP contribution < -0.4 is 10.1 Å². The molecule has 0 bridgehead atoms. The predicted molar refractivity (Wildman–Crippen MR) is 62.5 cm³/mol. The summed E-state index contributed by atoms with van der Waals surface area (Å²) in [5, 5.41) is 3.27. The molecule has 106 valence electrons. The molecule has 0 amide bonds. The molecule has 0 aliphatic heterocycles. The second kappa shape index (κ2) is 5.77. The Kier molecular flexibility index (Phi) is 4.29. The molecule has 1 saturated carbocycles. The fourth-order valence-corrected chi connectivity index (χ4v) is 1.67. The molecule has 0 unspecified atom stereocenters. The Balaban J connectivity index is 1.82. The molecule has 0 heterocycles. The number of rotatable bonds is 6. The van der Waals surface area contributed by atoms with Crippen molar-refractivity contribution < 1.29 is 22.3 Å². The zero-order valence-corrected chi connectivity index (χ0v) is 10.3. The van der Waals surface area contributed by atoms with Crippen molar-refractivity contribution in [2.75, 3.05) is 13.2 Å². The molecule has 1 aromatic carbocycles. The first-order valence-corrected chi connectivity index (χ1v) is 6.20. The fraction of sp³-hybridized carbons (Fsp3) is 0.538. The van der Waals surface area contributed by atoms with Gasteiger partial charge < -0.3 is 10.1 Å². The average Bonchev–Trinajstić information content (AvgIpc) is 3.13. The third-order valence-electron chi connectivity index (χ3n) is 2.84. The average molecular weight is 277 g/mol. The van der Waals surface area contributed by atoms with Crippen LogP contribution in [-0.4, -0.2) is 19.2 Å². The van der Waals surface area contributed by atoms with E-state index in [1.54, 1.807) is 0 Å². The summed E-state index contributed by atoms with van der Waals surface area (Å²) in [4.78, 5) is 0. The smallest absolute Gasteiger partial charge is 0.419 e. The third-order valence-corrected chi connectivity index (χ3v) is 2.84. The minimum absolute atomic E-state index is 0.0418. The Labute approximate surface area is 108 Å². The highest BCUT2D eigenvalue weighted by Gasteiger charge is 2.34. The van der Waals surface area contributed by atoms with Crippen LogP contribution in [0.2, 0.25) is 0 Å². The Morgan fingerprint density at radius 2 is 2.00 bits per heavy atom. The maximum atomic E-state index is 13.0. The number of benzene rings is 1. The van der Waals surface area contributed by atoms with Gasteiger partial charge in [-0.25, -0.2) is 4.39 Å². The molecule has 0 saturated heterocycles. The number of halogens is 4. The zero-order valence-electron chi connectivity index (χ0n) is 10.3. The van der Waals surface area contributed by atoms with Crippen molar-refractivity contribution in [3.05, 3.63) is 29.6 Å². The van der Waals surface area contributed by atoms with E-state index < -0.39 is 17.6 Å². The number of hydrogen-bond acceptors (Lipinski definition) is 2. The summed E-state index contributed by atoms with van der Waals surface area (Å²) in [6, 6.07) is 3.28. The first-order valence-electron chi connectivity index (χ1n) is 6.20. The van der Waals surface area contributed by atoms with Crippen molar-refractivity contribution in [1.82, 2.24) is 5.32 Å². The number of ether oxygens (including phenoxy) is 1. The van der Waals surface area contributed by atoms with E-state index in [9.17, 15) is 17.6 Å². The van der Waals surface area contributed by atoms with Gasteiger partial charge in [0.1, 0.15) is 11.6 Å². The van der Waals surface area contributed by atoms with E-state index in [0.29, 0.717) is 25.1 Å². The molecule has 2 nitrogen and oxygen atoms in total. The van der Waals surface area contributed by atoms with E-state index in [-0.39, 0.29) is 5.75 Å². The summed E-state index contributed by atoms with van der Waals surface area (Å²) in [5.41, 5.74) is -1.29. The van der Waals surface area contributed by atoms with Crippen molar-refractivity contribution in [3.63, 3.8) is 0 Å². The van der Waals surface area contributed by atoms with Gasteiger partial charge in [-0.2, -0.15) is 13.2 Å². The molecule has 1 fully saturated rings. The van der Waals surface area contributed by atoms with Gasteiger partial charge >= 0.3 is 6.18 Å². The van der Waals surface area contributed by atoms with E-state index in [1.165, 1.54) is 18.9 Å². The molecular formula is C13H15F4NO. The molecule has 0 spiro atoms. The Morgan fingerprint density at radius 1 is 1.26 bits per heavy atom. The first-order chi connectivity index (χ1) is 8.97. The van der Waals surface area contributed by atoms with Crippen LogP contribution in [0, 0.1) is 5.82 Å². The molecule has 1 aliphatic carbocycles. The van der Waals surface area contributed by atoms with Crippen LogP contribution in [-0.2, 0) is 6.18 Å². The Hall–Kier alpha value is -1.30. The largest absolute Gasteiger partial charge is 0.494 e. The summed E-state index contributed by atoms with van der Waals surface area (Å²) in [6.07, 6.45) is -1.62. The Morgan fingerprint density at radius 3 is 2.63 bits per heavy atom. The SMILES string of the molecule is Fc1ccc(OCCCNC2CC2)cc1C(F)(F)F. The summed E-state index contributed by atoms with van der Waals surface area (Å²) >= 11 is 0. The van der Waals surface area contributed by atoms with Crippen LogP contribution in [0.25, 0.3) is 0 Å². The number of nitrogens with one attached hydrogen (secondary N) is 1. The van der Waals surface area contributed by atoms with Gasteiger partial charge in [-0.05, 0) is 44.0 Å². The second-order valence-electron chi connectivity index (χ2n) is 4.57. The monoisotopic (exact) mass is 277 g/mol. The maximum Gasteiger partial charge on any atom is 0.419 e. The van der Waals surface area contributed by atoms with Gasteiger partial charge in [0, 0.05) is 6.04 Å². The molecule has 0 atom stereocenters. The summed E-state index contributed by atoms with van der Waals surface area (Å²) in [6.45, 7) is 1.08. The van der Waals surface area contributed by atoms with E-state index in [1.807, 2.05) is 0 Å². The van der Waals surface area contributed by atoms with Crippen LogP contribution in [0.5, 0.6) is 5.75 Å². The molecule has 1 aromatic rings. The van der Waals surface area contributed by atoms with Crippen LogP contribution in [0.1, 0.15) is 24.8 Å². The summed E-state index contributed by atoms with van der Waals surface area (Å²) < 4.78 is 55.6. The molecule has 0 radical (unpaired) electrons. The fourth-order valence-electron chi connectivity index (χ4n) is 1.67. The number of alkyl halides is 3. The highest BCUT2D eigenvalue weighted by atomic mass is 19.4.